The number of piperazine rings is 1. The Balaban J connectivity index is 1.40. The number of amides is 1. The van der Waals surface area contributed by atoms with Gasteiger partial charge in [-0.05, 0) is 42.8 Å². The second-order valence-corrected chi connectivity index (χ2v) is 7.78. The number of oxazole rings is 1. The van der Waals surface area contributed by atoms with E-state index in [1.165, 1.54) is 19.4 Å². The molecule has 0 unspecified atom stereocenters. The number of carbonyl (C=O) groups is 1. The first-order valence-electron chi connectivity index (χ1n) is 10.7. The first-order valence-corrected chi connectivity index (χ1v) is 11.1. The third-order valence-corrected chi connectivity index (χ3v) is 5.57. The largest absolute Gasteiger partial charge is 0.493 e. The highest BCUT2D eigenvalue weighted by Gasteiger charge is 2.26. The number of carbonyl (C=O) groups excluding carboxylic acids is 1. The molecule has 1 amide bonds. The number of hydrogen-bond acceptors (Lipinski definition) is 8. The van der Waals surface area contributed by atoms with Crippen LogP contribution in [0.5, 0.6) is 11.5 Å². The molecule has 2 aromatic heterocycles. The lowest BCUT2D eigenvalue weighted by atomic mass is 10.1. The van der Waals surface area contributed by atoms with Gasteiger partial charge in [0.15, 0.2) is 17.3 Å². The van der Waals surface area contributed by atoms with Crippen LogP contribution in [-0.4, -0.2) is 55.7 Å². The number of nitrogens with zero attached hydrogens (tertiary/aromatic N) is 4. The van der Waals surface area contributed by atoms with Gasteiger partial charge in [-0.3, -0.25) is 4.79 Å². The number of aromatic nitrogens is 1. The van der Waals surface area contributed by atoms with Gasteiger partial charge in [-0.1, -0.05) is 11.6 Å². The van der Waals surface area contributed by atoms with E-state index in [4.69, 9.17) is 29.9 Å². The fraction of sp³-hybridized carbons (Fsp3) is 0.292. The third kappa shape index (κ3) is 4.87. The summed E-state index contributed by atoms with van der Waals surface area (Å²) in [5, 5.41) is 9.87. The molecule has 0 aliphatic carbocycles. The Morgan fingerprint density at radius 3 is 2.76 bits per heavy atom. The van der Waals surface area contributed by atoms with Gasteiger partial charge in [0.25, 0.3) is 5.89 Å². The molecule has 0 bridgehead atoms. The Morgan fingerprint density at radius 1 is 1.32 bits per heavy atom. The summed E-state index contributed by atoms with van der Waals surface area (Å²) in [6.45, 7) is 4.28. The molecule has 0 atom stereocenters. The molecule has 9 nitrogen and oxygen atoms in total. The van der Waals surface area contributed by atoms with E-state index in [0.717, 1.165) is 5.56 Å². The van der Waals surface area contributed by atoms with Crippen molar-refractivity contribution < 1.29 is 23.1 Å². The number of ether oxygens (including phenoxy) is 2. The highest BCUT2D eigenvalue weighted by atomic mass is 35.5. The van der Waals surface area contributed by atoms with Crippen LogP contribution in [0.1, 0.15) is 18.2 Å². The SMILES string of the molecule is CCOc1c(Cl)cc(/C=C/C(=O)N2CCN(c3oc(-c4ccco4)nc3C#N)CC2)cc1OC. The molecule has 1 saturated heterocycles. The van der Waals surface area contributed by atoms with Gasteiger partial charge in [-0.25, -0.2) is 0 Å². The summed E-state index contributed by atoms with van der Waals surface area (Å²) in [6.07, 6.45) is 4.71. The van der Waals surface area contributed by atoms with Gasteiger partial charge < -0.3 is 28.1 Å². The van der Waals surface area contributed by atoms with Crippen molar-refractivity contribution in [1.29, 1.82) is 5.26 Å². The molecule has 0 spiro atoms. The number of anilines is 1. The van der Waals surface area contributed by atoms with E-state index < -0.39 is 0 Å². The molecule has 3 aromatic rings. The highest BCUT2D eigenvalue weighted by Crippen LogP contribution is 2.36. The molecule has 4 rings (SSSR count). The van der Waals surface area contributed by atoms with Crippen molar-refractivity contribution in [2.24, 2.45) is 0 Å². The summed E-state index contributed by atoms with van der Waals surface area (Å²) in [5.74, 6) is 1.94. The number of benzene rings is 1. The maximum atomic E-state index is 12.7. The van der Waals surface area contributed by atoms with Crippen LogP contribution in [0.25, 0.3) is 17.7 Å². The van der Waals surface area contributed by atoms with Crippen LogP contribution in [0.15, 0.2) is 45.4 Å². The van der Waals surface area contributed by atoms with Gasteiger partial charge >= 0.3 is 0 Å². The van der Waals surface area contributed by atoms with Crippen molar-refractivity contribution >= 4 is 29.5 Å². The number of methoxy groups -OCH3 is 1. The second-order valence-electron chi connectivity index (χ2n) is 7.37. The first-order chi connectivity index (χ1) is 16.5. The van der Waals surface area contributed by atoms with E-state index in [0.29, 0.717) is 61.0 Å². The van der Waals surface area contributed by atoms with Crippen molar-refractivity contribution in [3.8, 4) is 29.2 Å². The molecule has 34 heavy (non-hydrogen) atoms. The number of nitriles is 1. The van der Waals surface area contributed by atoms with Crippen molar-refractivity contribution in [2.75, 3.05) is 44.8 Å². The van der Waals surface area contributed by atoms with Gasteiger partial charge in [0, 0.05) is 32.3 Å². The lowest BCUT2D eigenvalue weighted by Crippen LogP contribution is -2.48. The van der Waals surface area contributed by atoms with Gasteiger partial charge in [-0.15, -0.1) is 0 Å². The van der Waals surface area contributed by atoms with Gasteiger partial charge in [-0.2, -0.15) is 10.2 Å². The topological polar surface area (TPSA) is 105 Å². The minimum absolute atomic E-state index is 0.127. The van der Waals surface area contributed by atoms with Crippen molar-refractivity contribution in [2.45, 2.75) is 6.92 Å². The molecule has 0 radical (unpaired) electrons. The minimum atomic E-state index is -0.127. The number of halogens is 1. The lowest BCUT2D eigenvalue weighted by molar-refractivity contribution is -0.126. The van der Waals surface area contributed by atoms with E-state index in [9.17, 15) is 10.1 Å². The Kier molecular flexibility index (Phi) is 7.09. The monoisotopic (exact) mass is 482 g/mol. The van der Waals surface area contributed by atoms with Gasteiger partial charge in [0.2, 0.25) is 17.5 Å². The van der Waals surface area contributed by atoms with Gasteiger partial charge in [0.1, 0.15) is 6.07 Å². The summed E-state index contributed by atoms with van der Waals surface area (Å²) in [5.41, 5.74) is 0.912. The molecular weight excluding hydrogens is 460 g/mol. The van der Waals surface area contributed by atoms with Gasteiger partial charge in [0.05, 0.1) is 25.0 Å². The van der Waals surface area contributed by atoms with Crippen LogP contribution >= 0.6 is 11.6 Å². The van der Waals surface area contributed by atoms with Crippen LogP contribution in [0.3, 0.4) is 0 Å². The molecule has 10 heteroatoms. The summed E-state index contributed by atoms with van der Waals surface area (Å²) in [7, 11) is 1.54. The number of rotatable bonds is 7. The van der Waals surface area contributed by atoms with Crippen LogP contribution in [-0.2, 0) is 4.79 Å². The zero-order valence-electron chi connectivity index (χ0n) is 18.8. The van der Waals surface area contributed by atoms with Crippen LogP contribution in [0.4, 0.5) is 5.88 Å². The van der Waals surface area contributed by atoms with E-state index in [-0.39, 0.29) is 17.5 Å². The highest BCUT2D eigenvalue weighted by molar-refractivity contribution is 6.32. The van der Waals surface area contributed by atoms with E-state index >= 15 is 0 Å². The van der Waals surface area contributed by atoms with E-state index in [1.807, 2.05) is 11.8 Å². The van der Waals surface area contributed by atoms with Crippen LogP contribution in [0, 0.1) is 11.3 Å². The molecule has 176 valence electrons. The summed E-state index contributed by atoms with van der Waals surface area (Å²) < 4.78 is 22.0. The molecule has 0 saturated carbocycles. The maximum Gasteiger partial charge on any atom is 0.266 e. The van der Waals surface area contributed by atoms with Crippen molar-refractivity contribution in [3.05, 3.63) is 52.9 Å². The molecule has 3 heterocycles. The first kappa shape index (κ1) is 23.3. The van der Waals surface area contributed by atoms with Crippen molar-refractivity contribution in [3.63, 3.8) is 0 Å². The maximum absolute atomic E-state index is 12.7. The third-order valence-electron chi connectivity index (χ3n) is 5.28. The summed E-state index contributed by atoms with van der Waals surface area (Å²) >= 11 is 6.31. The smallest absolute Gasteiger partial charge is 0.266 e. The summed E-state index contributed by atoms with van der Waals surface area (Å²) in [4.78, 5) is 20.6. The predicted octanol–water partition coefficient (Wildman–Crippen LogP) is 4.23. The zero-order chi connectivity index (χ0) is 24.1. The molecule has 1 aliphatic rings. The Labute approximate surface area is 201 Å². The molecule has 1 fully saturated rings. The average molecular weight is 483 g/mol. The fourth-order valence-electron chi connectivity index (χ4n) is 3.63. The normalized spacial score (nSPS) is 13.8. The van der Waals surface area contributed by atoms with E-state index in [2.05, 4.69) is 11.1 Å². The summed E-state index contributed by atoms with van der Waals surface area (Å²) in [6, 6.07) is 8.99. The predicted molar refractivity (Wildman–Crippen MR) is 126 cm³/mol. The van der Waals surface area contributed by atoms with Crippen LogP contribution < -0.4 is 14.4 Å². The molecule has 1 aromatic carbocycles. The molecule has 0 N–H and O–H groups in total. The van der Waals surface area contributed by atoms with E-state index in [1.54, 1.807) is 35.2 Å². The average Bonchev–Trinajstić information content (AvgIpc) is 3.54. The standard InChI is InChI=1S/C24H23ClN4O5/c1-3-32-22-17(25)13-16(14-20(22)31-2)6-7-21(30)28-8-10-29(11-9-28)24-18(15-26)27-23(34-24)19-5-4-12-33-19/h4-7,12-14H,3,8-11H2,1-2H3/b7-6+. The Hall–Kier alpha value is -3.90. The fourth-order valence-corrected chi connectivity index (χ4v) is 3.90. The quantitative estimate of drug-likeness (QED) is 0.461. The van der Waals surface area contributed by atoms with Crippen molar-refractivity contribution in [1.82, 2.24) is 9.88 Å². The number of hydrogen-bond donors (Lipinski definition) is 0. The Bertz CT molecular complexity index is 1220. The minimum Gasteiger partial charge on any atom is -0.493 e. The Morgan fingerprint density at radius 2 is 2.12 bits per heavy atom. The zero-order valence-corrected chi connectivity index (χ0v) is 19.5. The van der Waals surface area contributed by atoms with Crippen LogP contribution in [0.2, 0.25) is 5.02 Å². The second kappa shape index (κ2) is 10.4. The lowest BCUT2D eigenvalue weighted by Gasteiger charge is -2.33. The number of furan rings is 1. The molecular formula is C24H23ClN4O5. The molecule has 1 aliphatic heterocycles.